The lowest BCUT2D eigenvalue weighted by atomic mass is 10.1. The summed E-state index contributed by atoms with van der Waals surface area (Å²) in [4.78, 5) is 31.7. The average molecular weight is 329 g/mol. The fraction of sp³-hybridized carbons (Fsp3) is 0.375. The molecule has 8 heteroatoms. The van der Waals surface area contributed by atoms with Crippen molar-refractivity contribution in [3.05, 3.63) is 52.3 Å². The molecule has 1 fully saturated rings. The highest BCUT2D eigenvalue weighted by Crippen LogP contribution is 2.27. The lowest BCUT2D eigenvalue weighted by molar-refractivity contribution is -0.391. The Kier molecular flexibility index (Phi) is 4.57. The molecule has 0 radical (unpaired) electrons. The topological polar surface area (TPSA) is 84.5 Å². The molecule has 0 atom stereocenters. The summed E-state index contributed by atoms with van der Waals surface area (Å²) < 4.78 is 1.32. The van der Waals surface area contributed by atoms with Gasteiger partial charge in [-0.05, 0) is 12.0 Å². The second kappa shape index (κ2) is 6.79. The van der Waals surface area contributed by atoms with E-state index < -0.39 is 4.92 Å². The van der Waals surface area contributed by atoms with Crippen LogP contribution in [0.4, 0.5) is 11.6 Å². The summed E-state index contributed by atoms with van der Waals surface area (Å²) in [5.74, 6) is 0.0406. The average Bonchev–Trinajstić information content (AvgIpc) is 3.00. The Labute approximate surface area is 139 Å². The third-order valence-corrected chi connectivity index (χ3v) is 4.18. The third kappa shape index (κ3) is 3.28. The zero-order valence-electron chi connectivity index (χ0n) is 13.5. The van der Waals surface area contributed by atoms with Crippen LogP contribution in [0, 0.1) is 10.1 Å². The normalized spacial score (nSPS) is 15.5. The van der Waals surface area contributed by atoms with Crippen LogP contribution in [0.2, 0.25) is 0 Å². The van der Waals surface area contributed by atoms with Crippen molar-refractivity contribution in [3.8, 4) is 0 Å². The van der Waals surface area contributed by atoms with E-state index in [0.717, 1.165) is 13.1 Å². The Morgan fingerprint density at radius 3 is 2.50 bits per heavy atom. The second-order valence-corrected chi connectivity index (χ2v) is 5.86. The van der Waals surface area contributed by atoms with E-state index in [2.05, 4.69) is 9.88 Å². The number of imidazole rings is 1. The summed E-state index contributed by atoms with van der Waals surface area (Å²) in [5, 5.41) is 11.5. The van der Waals surface area contributed by atoms with E-state index in [1.807, 2.05) is 18.0 Å². The molecule has 1 aromatic heterocycles. The van der Waals surface area contributed by atoms with Crippen molar-refractivity contribution in [2.75, 3.05) is 38.1 Å². The lowest BCUT2D eigenvalue weighted by Gasteiger charge is -2.32. The molecule has 8 nitrogen and oxygen atoms in total. The molecular weight excluding hydrogens is 310 g/mol. The molecule has 0 spiro atoms. The molecule has 0 N–H and O–H groups in total. The van der Waals surface area contributed by atoms with Crippen molar-refractivity contribution in [1.82, 2.24) is 14.5 Å². The molecule has 0 amide bonds. The summed E-state index contributed by atoms with van der Waals surface area (Å²) in [6.07, 6.45) is 1.38. The summed E-state index contributed by atoms with van der Waals surface area (Å²) in [6.45, 7) is 2.92. The van der Waals surface area contributed by atoms with Gasteiger partial charge in [-0.15, -0.1) is 0 Å². The Bertz CT molecular complexity index is 735. The number of hydrogen-bond donors (Lipinski definition) is 0. The van der Waals surface area contributed by atoms with Gasteiger partial charge in [0.25, 0.3) is 0 Å². The minimum Gasteiger partial charge on any atom is -0.358 e. The molecule has 2 aromatic rings. The number of benzene rings is 1. The summed E-state index contributed by atoms with van der Waals surface area (Å²) in [6, 6.07) is 8.76. The molecule has 2 heterocycles. The Hall–Kier alpha value is -2.74. The zero-order chi connectivity index (χ0) is 17.1. The molecule has 126 valence electrons. The van der Waals surface area contributed by atoms with Gasteiger partial charge in [0.1, 0.15) is 0 Å². The molecule has 0 unspecified atom stereocenters. The smallest absolute Gasteiger partial charge is 0.358 e. The van der Waals surface area contributed by atoms with Gasteiger partial charge >= 0.3 is 5.82 Å². The number of nitro groups is 1. The Morgan fingerprint density at radius 1 is 1.21 bits per heavy atom. The van der Waals surface area contributed by atoms with Gasteiger partial charge in [0, 0.05) is 31.7 Å². The van der Waals surface area contributed by atoms with E-state index in [1.54, 1.807) is 24.3 Å². The van der Waals surface area contributed by atoms with Gasteiger partial charge in [0.15, 0.2) is 12.9 Å². The van der Waals surface area contributed by atoms with E-state index in [1.165, 1.54) is 10.9 Å². The molecule has 0 saturated carbocycles. The number of Topliss-reactive ketones (excluding diaryl/α,β-unsaturated/α-hetero) is 1. The summed E-state index contributed by atoms with van der Waals surface area (Å²) >= 11 is 0. The number of ketones is 1. The SMILES string of the molecule is CN1CCN(c2ncn(CC(=O)c3ccccc3)c2[N+](=O)[O-])CC1. The number of carbonyl (C=O) groups excluding carboxylic acids is 1. The van der Waals surface area contributed by atoms with Crippen molar-refractivity contribution < 1.29 is 9.72 Å². The van der Waals surface area contributed by atoms with Crippen molar-refractivity contribution >= 4 is 17.4 Å². The number of carbonyl (C=O) groups is 1. The van der Waals surface area contributed by atoms with E-state index in [0.29, 0.717) is 24.5 Å². The predicted molar refractivity (Wildman–Crippen MR) is 89.4 cm³/mol. The maximum atomic E-state index is 12.3. The number of piperazine rings is 1. The van der Waals surface area contributed by atoms with Gasteiger partial charge in [-0.2, -0.15) is 4.98 Å². The van der Waals surface area contributed by atoms with Crippen LogP contribution in [0.15, 0.2) is 36.7 Å². The number of hydrogen-bond acceptors (Lipinski definition) is 6. The van der Waals surface area contributed by atoms with Crippen LogP contribution in [0.1, 0.15) is 10.4 Å². The minimum atomic E-state index is -0.459. The van der Waals surface area contributed by atoms with Crippen molar-refractivity contribution in [2.24, 2.45) is 0 Å². The van der Waals surface area contributed by atoms with Gasteiger partial charge < -0.3 is 19.9 Å². The van der Waals surface area contributed by atoms with Crippen LogP contribution in [0.25, 0.3) is 0 Å². The van der Waals surface area contributed by atoms with Crippen LogP contribution in [-0.2, 0) is 6.54 Å². The first-order valence-electron chi connectivity index (χ1n) is 7.77. The molecule has 1 aromatic carbocycles. The number of nitrogens with zero attached hydrogens (tertiary/aromatic N) is 5. The molecule has 0 bridgehead atoms. The van der Waals surface area contributed by atoms with E-state index in [4.69, 9.17) is 0 Å². The van der Waals surface area contributed by atoms with Gasteiger partial charge in [0.05, 0.1) is 0 Å². The van der Waals surface area contributed by atoms with E-state index in [9.17, 15) is 14.9 Å². The molecule has 3 rings (SSSR count). The van der Waals surface area contributed by atoms with Crippen LogP contribution >= 0.6 is 0 Å². The molecule has 1 saturated heterocycles. The van der Waals surface area contributed by atoms with Crippen molar-refractivity contribution in [1.29, 1.82) is 0 Å². The fourth-order valence-electron chi connectivity index (χ4n) is 2.78. The number of likely N-dealkylation sites (N-methyl/N-ethyl adjacent to an activating group) is 1. The Balaban J connectivity index is 1.84. The quantitative estimate of drug-likeness (QED) is 0.469. The molecule has 24 heavy (non-hydrogen) atoms. The van der Waals surface area contributed by atoms with Gasteiger partial charge in [0.2, 0.25) is 11.6 Å². The highest BCUT2D eigenvalue weighted by atomic mass is 16.6. The van der Waals surface area contributed by atoms with Crippen LogP contribution in [0.5, 0.6) is 0 Å². The van der Waals surface area contributed by atoms with Gasteiger partial charge in [-0.1, -0.05) is 30.3 Å². The molecule has 1 aliphatic rings. The van der Waals surface area contributed by atoms with Crippen LogP contribution < -0.4 is 4.90 Å². The van der Waals surface area contributed by atoms with Gasteiger partial charge in [-0.3, -0.25) is 4.79 Å². The van der Waals surface area contributed by atoms with Crippen LogP contribution in [0.3, 0.4) is 0 Å². The van der Waals surface area contributed by atoms with Gasteiger partial charge in [-0.25, -0.2) is 4.57 Å². The monoisotopic (exact) mass is 329 g/mol. The highest BCUT2D eigenvalue weighted by molar-refractivity contribution is 5.96. The summed E-state index contributed by atoms with van der Waals surface area (Å²) in [7, 11) is 2.02. The number of rotatable bonds is 5. The van der Waals surface area contributed by atoms with E-state index >= 15 is 0 Å². The Morgan fingerprint density at radius 2 is 1.88 bits per heavy atom. The first kappa shape index (κ1) is 16.1. The minimum absolute atomic E-state index is 0.0962. The molecule has 1 aliphatic heterocycles. The second-order valence-electron chi connectivity index (χ2n) is 5.86. The lowest BCUT2D eigenvalue weighted by Crippen LogP contribution is -2.44. The van der Waals surface area contributed by atoms with Crippen molar-refractivity contribution in [3.63, 3.8) is 0 Å². The third-order valence-electron chi connectivity index (χ3n) is 4.18. The maximum Gasteiger partial charge on any atom is 0.367 e. The first-order chi connectivity index (χ1) is 11.6. The summed E-state index contributed by atoms with van der Waals surface area (Å²) in [5.41, 5.74) is 0.529. The number of aromatic nitrogens is 2. The molecule has 0 aliphatic carbocycles. The largest absolute Gasteiger partial charge is 0.367 e. The van der Waals surface area contributed by atoms with Crippen LogP contribution in [-0.4, -0.2) is 58.4 Å². The predicted octanol–water partition coefficient (Wildman–Crippen LogP) is 1.43. The highest BCUT2D eigenvalue weighted by Gasteiger charge is 2.29. The maximum absolute atomic E-state index is 12.3. The van der Waals surface area contributed by atoms with Crippen molar-refractivity contribution in [2.45, 2.75) is 6.54 Å². The van der Waals surface area contributed by atoms with E-state index in [-0.39, 0.29) is 18.1 Å². The zero-order valence-corrected chi connectivity index (χ0v) is 13.5. The molecular formula is C16H19N5O3. The standard InChI is InChI=1S/C16H19N5O3/c1-18-7-9-19(10-8-18)15-16(21(23)24)20(12-17-15)11-14(22)13-5-3-2-4-6-13/h2-6,12H,7-11H2,1H3. The first-order valence-corrected chi connectivity index (χ1v) is 7.77. The number of anilines is 1. The fourth-order valence-corrected chi connectivity index (χ4v) is 2.78.